The number of amides is 1. The third-order valence-electron chi connectivity index (χ3n) is 5.60. The summed E-state index contributed by atoms with van der Waals surface area (Å²) < 4.78 is 6.01. The minimum atomic E-state index is -1.01. The fourth-order valence-corrected chi connectivity index (χ4v) is 3.83. The van der Waals surface area contributed by atoms with Gasteiger partial charge in [0.2, 0.25) is 0 Å². The summed E-state index contributed by atoms with van der Waals surface area (Å²) in [6.07, 6.45) is 4.87. The highest BCUT2D eigenvalue weighted by atomic mass is 16.5. The van der Waals surface area contributed by atoms with Gasteiger partial charge in [-0.25, -0.2) is 4.79 Å². The second-order valence-corrected chi connectivity index (χ2v) is 7.95. The summed E-state index contributed by atoms with van der Waals surface area (Å²) >= 11 is 0. The smallest absolute Gasteiger partial charge is 0.335 e. The van der Waals surface area contributed by atoms with Crippen LogP contribution in [0.3, 0.4) is 0 Å². The number of hydrogen-bond donors (Lipinski definition) is 3. The Morgan fingerprint density at radius 2 is 1.66 bits per heavy atom. The van der Waals surface area contributed by atoms with Crippen LogP contribution in [-0.4, -0.2) is 33.6 Å². The fraction of sp³-hybridized carbons (Fsp3) is 0.0357. The minimum absolute atomic E-state index is 0.0172. The molecular weight excluding hydrogens is 442 g/mol. The van der Waals surface area contributed by atoms with Crippen molar-refractivity contribution in [1.82, 2.24) is 9.97 Å². The number of para-hydroxylation sites is 1. The molecule has 172 valence electrons. The molecule has 0 aliphatic carbocycles. The lowest BCUT2D eigenvalue weighted by Crippen LogP contribution is -2.19. The SMILES string of the molecule is O=C(Nc1ccncc1)C(=Cc1ccc(C(=O)O)cc1)COc1ccc2c(c1)[nH]c1ccccc12. The third-order valence-corrected chi connectivity index (χ3v) is 5.60. The number of fused-ring (bicyclic) bond motifs is 3. The van der Waals surface area contributed by atoms with Gasteiger partial charge in [-0.1, -0.05) is 30.3 Å². The lowest BCUT2D eigenvalue weighted by molar-refractivity contribution is -0.113. The molecule has 2 aromatic heterocycles. The average molecular weight is 463 g/mol. The number of nitrogens with one attached hydrogen (secondary N) is 2. The van der Waals surface area contributed by atoms with Gasteiger partial charge in [-0.3, -0.25) is 9.78 Å². The van der Waals surface area contributed by atoms with Gasteiger partial charge in [-0.2, -0.15) is 0 Å². The molecule has 0 aliphatic heterocycles. The number of hydrogen-bond acceptors (Lipinski definition) is 4. The van der Waals surface area contributed by atoms with Crippen LogP contribution in [0.15, 0.2) is 96.8 Å². The van der Waals surface area contributed by atoms with Crippen molar-refractivity contribution in [1.29, 1.82) is 0 Å². The maximum atomic E-state index is 13.1. The molecule has 3 N–H and O–H groups in total. The Hall–Kier alpha value is -4.91. The number of pyridine rings is 1. The predicted octanol–water partition coefficient (Wildman–Crippen LogP) is 5.52. The van der Waals surface area contributed by atoms with Crippen LogP contribution in [0.1, 0.15) is 15.9 Å². The van der Waals surface area contributed by atoms with Gasteiger partial charge in [0.05, 0.1) is 16.7 Å². The van der Waals surface area contributed by atoms with Crippen molar-refractivity contribution in [2.24, 2.45) is 0 Å². The first-order chi connectivity index (χ1) is 17.1. The molecule has 0 spiro atoms. The van der Waals surface area contributed by atoms with Crippen LogP contribution in [0.25, 0.3) is 27.9 Å². The van der Waals surface area contributed by atoms with Crippen LogP contribution in [0.5, 0.6) is 5.75 Å². The number of carbonyl (C=O) groups is 2. The van der Waals surface area contributed by atoms with Gasteiger partial charge >= 0.3 is 5.97 Å². The lowest BCUT2D eigenvalue weighted by Gasteiger charge is -2.11. The van der Waals surface area contributed by atoms with Crippen LogP contribution >= 0.6 is 0 Å². The summed E-state index contributed by atoms with van der Waals surface area (Å²) in [5, 5.41) is 14.2. The summed E-state index contributed by atoms with van der Waals surface area (Å²) in [5.41, 5.74) is 3.83. The molecule has 2 heterocycles. The number of rotatable bonds is 7. The van der Waals surface area contributed by atoms with Crippen LogP contribution < -0.4 is 10.1 Å². The zero-order valence-electron chi connectivity index (χ0n) is 18.6. The molecule has 0 bridgehead atoms. The second-order valence-electron chi connectivity index (χ2n) is 7.95. The summed E-state index contributed by atoms with van der Waals surface area (Å²) in [4.78, 5) is 31.6. The van der Waals surface area contributed by atoms with E-state index in [2.05, 4.69) is 21.4 Å². The molecule has 35 heavy (non-hydrogen) atoms. The van der Waals surface area contributed by atoms with Crippen LogP contribution in [0.4, 0.5) is 5.69 Å². The lowest BCUT2D eigenvalue weighted by atomic mass is 10.1. The van der Waals surface area contributed by atoms with E-state index in [1.807, 2.05) is 36.4 Å². The van der Waals surface area contributed by atoms with E-state index in [1.165, 1.54) is 12.1 Å². The minimum Gasteiger partial charge on any atom is -0.489 e. The first kappa shape index (κ1) is 21.9. The number of nitrogens with zero attached hydrogens (tertiary/aromatic N) is 1. The van der Waals surface area contributed by atoms with Crippen LogP contribution in [0, 0.1) is 0 Å². The van der Waals surface area contributed by atoms with Crippen molar-refractivity contribution in [2.45, 2.75) is 0 Å². The molecule has 0 aliphatic rings. The maximum Gasteiger partial charge on any atom is 0.335 e. The largest absolute Gasteiger partial charge is 0.489 e. The Kier molecular flexibility index (Phi) is 5.96. The molecule has 1 amide bonds. The molecule has 0 radical (unpaired) electrons. The molecule has 0 saturated heterocycles. The molecule has 0 fully saturated rings. The molecule has 7 nitrogen and oxygen atoms in total. The molecular formula is C28H21N3O4. The number of carboxylic acids is 1. The summed E-state index contributed by atoms with van der Waals surface area (Å²) in [7, 11) is 0. The zero-order chi connectivity index (χ0) is 24.2. The Labute approximate surface area is 200 Å². The zero-order valence-corrected chi connectivity index (χ0v) is 18.6. The van der Waals surface area contributed by atoms with Crippen molar-refractivity contribution in [3.8, 4) is 5.75 Å². The van der Waals surface area contributed by atoms with E-state index in [9.17, 15) is 9.59 Å². The second kappa shape index (κ2) is 9.52. The number of aromatic nitrogens is 2. The van der Waals surface area contributed by atoms with E-state index >= 15 is 0 Å². The first-order valence-corrected chi connectivity index (χ1v) is 11.0. The highest BCUT2D eigenvalue weighted by molar-refractivity contribution is 6.08. The van der Waals surface area contributed by atoms with E-state index in [1.54, 1.807) is 42.7 Å². The molecule has 5 aromatic rings. The number of aromatic carboxylic acids is 1. The quantitative estimate of drug-likeness (QED) is 0.276. The van der Waals surface area contributed by atoms with Crippen LogP contribution in [0.2, 0.25) is 0 Å². The Balaban J connectivity index is 1.41. The number of carbonyl (C=O) groups excluding carboxylic acids is 1. The summed E-state index contributed by atoms with van der Waals surface area (Å²) in [5.74, 6) is -0.718. The summed E-state index contributed by atoms with van der Waals surface area (Å²) in [6, 6.07) is 23.5. The van der Waals surface area contributed by atoms with Crippen molar-refractivity contribution >= 4 is 45.4 Å². The van der Waals surface area contributed by atoms with Crippen molar-refractivity contribution < 1.29 is 19.4 Å². The van der Waals surface area contributed by atoms with E-state index in [0.29, 0.717) is 22.6 Å². The van der Waals surface area contributed by atoms with Crippen molar-refractivity contribution in [3.63, 3.8) is 0 Å². The van der Waals surface area contributed by atoms with Gasteiger partial charge in [0.15, 0.2) is 0 Å². The average Bonchev–Trinajstić information content (AvgIpc) is 3.25. The maximum absolute atomic E-state index is 13.1. The standard InChI is InChI=1S/C28H21N3O4/c32-27(30-21-11-13-29-14-12-21)20(15-18-5-7-19(8-6-18)28(33)34)17-35-22-9-10-24-23-3-1-2-4-25(23)31-26(24)16-22/h1-16,31H,17H2,(H,33,34)(H,29,30,32). The number of H-pyrrole nitrogens is 1. The van der Waals surface area contributed by atoms with Crippen molar-refractivity contribution in [2.75, 3.05) is 11.9 Å². The Bertz CT molecular complexity index is 1550. The highest BCUT2D eigenvalue weighted by Gasteiger charge is 2.13. The topological polar surface area (TPSA) is 104 Å². The van der Waals surface area contributed by atoms with E-state index in [4.69, 9.17) is 9.84 Å². The number of benzene rings is 3. The Morgan fingerprint density at radius 1 is 0.914 bits per heavy atom. The third kappa shape index (κ3) is 4.89. The van der Waals surface area contributed by atoms with Gasteiger partial charge in [0.1, 0.15) is 12.4 Å². The summed E-state index contributed by atoms with van der Waals surface area (Å²) in [6.45, 7) is 0.0172. The number of ether oxygens (including phenoxy) is 1. The van der Waals surface area contributed by atoms with Gasteiger partial charge in [-0.15, -0.1) is 0 Å². The first-order valence-electron chi connectivity index (χ1n) is 11.0. The van der Waals surface area contributed by atoms with Crippen molar-refractivity contribution in [3.05, 3.63) is 108 Å². The molecule has 3 aromatic carbocycles. The fourth-order valence-electron chi connectivity index (χ4n) is 3.83. The Morgan fingerprint density at radius 3 is 2.43 bits per heavy atom. The molecule has 0 unspecified atom stereocenters. The van der Waals surface area contributed by atoms with E-state index < -0.39 is 5.97 Å². The highest BCUT2D eigenvalue weighted by Crippen LogP contribution is 2.28. The van der Waals surface area contributed by atoms with Crippen LogP contribution in [-0.2, 0) is 4.79 Å². The van der Waals surface area contributed by atoms with E-state index in [0.717, 1.165) is 21.8 Å². The number of carboxylic acid groups (broad SMARTS) is 1. The van der Waals surface area contributed by atoms with Gasteiger partial charge in [0, 0.05) is 40.4 Å². The number of anilines is 1. The van der Waals surface area contributed by atoms with E-state index in [-0.39, 0.29) is 18.1 Å². The van der Waals surface area contributed by atoms with Gasteiger partial charge in [0.25, 0.3) is 5.91 Å². The molecule has 0 atom stereocenters. The van der Waals surface area contributed by atoms with Gasteiger partial charge in [-0.05, 0) is 54.1 Å². The molecule has 7 heteroatoms. The molecule has 0 saturated carbocycles. The monoisotopic (exact) mass is 463 g/mol. The molecule has 5 rings (SSSR count). The number of aromatic amines is 1. The normalized spacial score (nSPS) is 11.5. The predicted molar refractivity (Wildman–Crippen MR) is 136 cm³/mol. The van der Waals surface area contributed by atoms with Gasteiger partial charge < -0.3 is 20.1 Å².